The van der Waals surface area contributed by atoms with Gasteiger partial charge in [-0.3, -0.25) is 4.79 Å². The molecule has 0 unspecified atom stereocenters. The SMILES string of the molecule is CC(=O)[C@@](N)(Cc1ccccc1)C(=O)OC(C)(C)C. The van der Waals surface area contributed by atoms with E-state index < -0.39 is 22.9 Å². The van der Waals surface area contributed by atoms with E-state index in [9.17, 15) is 9.59 Å². The molecule has 1 aromatic rings. The van der Waals surface area contributed by atoms with Crippen LogP contribution in [0.1, 0.15) is 33.3 Å². The number of rotatable bonds is 4. The second-order valence-corrected chi connectivity index (χ2v) is 5.69. The molecule has 0 aromatic heterocycles. The molecule has 0 aliphatic carbocycles. The Kier molecular flexibility index (Phi) is 4.48. The van der Waals surface area contributed by atoms with E-state index >= 15 is 0 Å². The molecular formula is C15H21NO3. The van der Waals surface area contributed by atoms with Gasteiger partial charge in [0.15, 0.2) is 11.3 Å². The van der Waals surface area contributed by atoms with Crippen molar-refractivity contribution in [3.63, 3.8) is 0 Å². The maximum atomic E-state index is 12.2. The maximum Gasteiger partial charge on any atom is 0.334 e. The quantitative estimate of drug-likeness (QED) is 0.665. The summed E-state index contributed by atoms with van der Waals surface area (Å²) in [7, 11) is 0. The molecular weight excluding hydrogens is 242 g/mol. The molecule has 1 aromatic carbocycles. The van der Waals surface area contributed by atoms with Crippen LogP contribution in [0.5, 0.6) is 0 Å². The summed E-state index contributed by atoms with van der Waals surface area (Å²) in [5, 5.41) is 0. The highest BCUT2D eigenvalue weighted by Gasteiger charge is 2.42. The Balaban J connectivity index is 2.98. The lowest BCUT2D eigenvalue weighted by Gasteiger charge is -2.29. The first-order valence-electron chi connectivity index (χ1n) is 6.22. The topological polar surface area (TPSA) is 69.4 Å². The van der Waals surface area contributed by atoms with Gasteiger partial charge in [0.05, 0.1) is 0 Å². The van der Waals surface area contributed by atoms with Crippen LogP contribution in [0.4, 0.5) is 0 Å². The zero-order chi connectivity index (χ0) is 14.7. The minimum atomic E-state index is -1.63. The van der Waals surface area contributed by atoms with Gasteiger partial charge < -0.3 is 10.5 Å². The lowest BCUT2D eigenvalue weighted by Crippen LogP contribution is -2.57. The highest BCUT2D eigenvalue weighted by molar-refractivity contribution is 6.07. The largest absolute Gasteiger partial charge is 0.458 e. The number of carbonyl (C=O) groups excluding carboxylic acids is 2. The third kappa shape index (κ3) is 4.17. The summed E-state index contributed by atoms with van der Waals surface area (Å²) in [5.74, 6) is -1.08. The molecule has 0 amide bonds. The van der Waals surface area contributed by atoms with E-state index in [1.165, 1.54) is 6.92 Å². The number of esters is 1. The van der Waals surface area contributed by atoms with Crippen LogP contribution in [-0.2, 0) is 20.7 Å². The summed E-state index contributed by atoms with van der Waals surface area (Å²) in [6.07, 6.45) is 0.137. The number of hydrogen-bond donors (Lipinski definition) is 1. The number of nitrogens with two attached hydrogens (primary N) is 1. The Bertz CT molecular complexity index is 462. The Morgan fingerprint density at radius 3 is 2.11 bits per heavy atom. The molecule has 4 nitrogen and oxygen atoms in total. The molecule has 0 radical (unpaired) electrons. The molecule has 1 rings (SSSR count). The molecule has 104 valence electrons. The van der Waals surface area contributed by atoms with Crippen molar-refractivity contribution in [1.29, 1.82) is 0 Å². The van der Waals surface area contributed by atoms with E-state index in [2.05, 4.69) is 0 Å². The molecule has 0 aliphatic rings. The third-order valence-electron chi connectivity index (χ3n) is 2.72. The predicted molar refractivity (Wildman–Crippen MR) is 73.6 cm³/mol. The van der Waals surface area contributed by atoms with Crippen LogP contribution in [0.15, 0.2) is 30.3 Å². The van der Waals surface area contributed by atoms with E-state index in [0.717, 1.165) is 5.56 Å². The number of carbonyl (C=O) groups is 2. The van der Waals surface area contributed by atoms with Gasteiger partial charge in [-0.2, -0.15) is 0 Å². The molecule has 2 N–H and O–H groups in total. The third-order valence-corrected chi connectivity index (χ3v) is 2.72. The molecule has 0 saturated heterocycles. The molecule has 0 saturated carbocycles. The van der Waals surface area contributed by atoms with Crippen molar-refractivity contribution in [1.82, 2.24) is 0 Å². The summed E-state index contributed by atoms with van der Waals surface area (Å²) in [6, 6.07) is 9.20. The first kappa shape index (κ1) is 15.4. The van der Waals surface area contributed by atoms with E-state index in [-0.39, 0.29) is 6.42 Å². The molecule has 0 spiro atoms. The standard InChI is InChI=1S/C15H21NO3/c1-11(17)15(16,13(18)19-14(2,3)4)10-12-8-6-5-7-9-12/h5-9H,10,16H2,1-4H3/t15-/m0/s1. The van der Waals surface area contributed by atoms with Crippen molar-refractivity contribution in [3.05, 3.63) is 35.9 Å². The molecule has 4 heteroatoms. The Labute approximate surface area is 113 Å². The van der Waals surface area contributed by atoms with Gasteiger partial charge in [-0.25, -0.2) is 4.79 Å². The van der Waals surface area contributed by atoms with Gasteiger partial charge in [0.1, 0.15) is 5.60 Å². The second-order valence-electron chi connectivity index (χ2n) is 5.69. The van der Waals surface area contributed by atoms with E-state index in [4.69, 9.17) is 10.5 Å². The predicted octanol–water partition coefficient (Wildman–Crippen LogP) is 1.86. The zero-order valence-corrected chi connectivity index (χ0v) is 11.9. The van der Waals surface area contributed by atoms with Gasteiger partial charge in [0, 0.05) is 6.42 Å². The van der Waals surface area contributed by atoms with E-state index in [1.807, 2.05) is 30.3 Å². The normalized spacial score (nSPS) is 14.6. The lowest BCUT2D eigenvalue weighted by molar-refractivity contribution is -0.163. The highest BCUT2D eigenvalue weighted by Crippen LogP contribution is 2.18. The van der Waals surface area contributed by atoms with Crippen molar-refractivity contribution in [2.45, 2.75) is 45.3 Å². The fourth-order valence-corrected chi connectivity index (χ4v) is 1.63. The Hall–Kier alpha value is -1.68. The number of ketones is 1. The first-order valence-corrected chi connectivity index (χ1v) is 6.22. The highest BCUT2D eigenvalue weighted by atomic mass is 16.6. The molecule has 19 heavy (non-hydrogen) atoms. The summed E-state index contributed by atoms with van der Waals surface area (Å²) in [5.41, 5.74) is 4.52. The molecule has 0 aliphatic heterocycles. The van der Waals surface area contributed by atoms with Crippen molar-refractivity contribution < 1.29 is 14.3 Å². The van der Waals surface area contributed by atoms with Gasteiger partial charge in [-0.05, 0) is 33.3 Å². The monoisotopic (exact) mass is 263 g/mol. The molecule has 0 heterocycles. The summed E-state index contributed by atoms with van der Waals surface area (Å²) >= 11 is 0. The number of Topliss-reactive ketones (excluding diaryl/α,β-unsaturated/α-hetero) is 1. The van der Waals surface area contributed by atoms with Crippen molar-refractivity contribution in [2.75, 3.05) is 0 Å². The van der Waals surface area contributed by atoms with Gasteiger partial charge in [0.2, 0.25) is 0 Å². The van der Waals surface area contributed by atoms with Crippen LogP contribution in [0.2, 0.25) is 0 Å². The first-order chi connectivity index (χ1) is 8.65. The molecule has 1 atom stereocenters. The van der Waals surface area contributed by atoms with E-state index in [0.29, 0.717) is 0 Å². The second kappa shape index (κ2) is 5.53. The Morgan fingerprint density at radius 1 is 1.16 bits per heavy atom. The fraction of sp³-hybridized carbons (Fsp3) is 0.467. The summed E-state index contributed by atoms with van der Waals surface area (Å²) < 4.78 is 5.25. The van der Waals surface area contributed by atoms with Crippen LogP contribution in [0.3, 0.4) is 0 Å². The van der Waals surface area contributed by atoms with E-state index in [1.54, 1.807) is 20.8 Å². The summed E-state index contributed by atoms with van der Waals surface area (Å²) in [4.78, 5) is 23.9. The van der Waals surface area contributed by atoms with Gasteiger partial charge in [-0.15, -0.1) is 0 Å². The van der Waals surface area contributed by atoms with Gasteiger partial charge >= 0.3 is 5.97 Å². The average molecular weight is 263 g/mol. The van der Waals surface area contributed by atoms with Crippen LogP contribution < -0.4 is 5.73 Å². The Morgan fingerprint density at radius 2 is 1.68 bits per heavy atom. The number of ether oxygens (including phenoxy) is 1. The molecule has 0 fully saturated rings. The van der Waals surface area contributed by atoms with Crippen LogP contribution in [-0.4, -0.2) is 22.9 Å². The fourth-order valence-electron chi connectivity index (χ4n) is 1.63. The summed E-state index contributed by atoms with van der Waals surface area (Å²) in [6.45, 7) is 6.54. The van der Waals surface area contributed by atoms with Gasteiger partial charge in [0.25, 0.3) is 0 Å². The van der Waals surface area contributed by atoms with Crippen LogP contribution in [0, 0.1) is 0 Å². The minimum absolute atomic E-state index is 0.137. The van der Waals surface area contributed by atoms with Crippen LogP contribution in [0.25, 0.3) is 0 Å². The van der Waals surface area contributed by atoms with Crippen molar-refractivity contribution in [3.8, 4) is 0 Å². The number of benzene rings is 1. The van der Waals surface area contributed by atoms with Gasteiger partial charge in [-0.1, -0.05) is 30.3 Å². The smallest absolute Gasteiger partial charge is 0.334 e. The van der Waals surface area contributed by atoms with Crippen LogP contribution >= 0.6 is 0 Å². The van der Waals surface area contributed by atoms with Crippen molar-refractivity contribution >= 4 is 11.8 Å². The lowest BCUT2D eigenvalue weighted by atomic mass is 9.88. The average Bonchev–Trinajstić information content (AvgIpc) is 2.27. The minimum Gasteiger partial charge on any atom is -0.458 e. The zero-order valence-electron chi connectivity index (χ0n) is 11.9. The van der Waals surface area contributed by atoms with Crippen molar-refractivity contribution in [2.24, 2.45) is 5.73 Å². The number of hydrogen-bond acceptors (Lipinski definition) is 4. The molecule has 0 bridgehead atoms. The maximum absolute atomic E-state index is 12.2.